The molecule has 4 aromatic carbocycles. The Morgan fingerprint density at radius 1 is 0.571 bits per heavy atom. The van der Waals surface area contributed by atoms with Crippen molar-refractivity contribution in [1.29, 1.82) is 0 Å². The molecule has 0 saturated carbocycles. The number of benzene rings is 4. The first-order valence-electron chi connectivity index (χ1n) is 14.8. The molecular weight excluding hydrogens is 669 g/mol. The molecule has 250 valence electrons. The molecule has 0 aliphatic carbocycles. The minimum Gasteiger partial charge on any atom is -0.324 e. The molecule has 0 aromatic heterocycles. The lowest BCUT2D eigenvalue weighted by molar-refractivity contribution is -0.127. The van der Waals surface area contributed by atoms with E-state index in [0.717, 1.165) is 11.1 Å². The number of nitrogens with one attached hydrogen (secondary N) is 3. The Balaban J connectivity index is 1.34. The molecule has 3 amide bonds. The highest BCUT2D eigenvalue weighted by molar-refractivity contribution is 6.31. The van der Waals surface area contributed by atoms with Crippen LogP contribution in [0.2, 0.25) is 10.0 Å². The first-order valence-corrected chi connectivity index (χ1v) is 15.5. The number of hydrogen-bond donors (Lipinski definition) is 3. The van der Waals surface area contributed by atoms with Gasteiger partial charge in [0.1, 0.15) is 0 Å². The molecule has 4 aromatic rings. The van der Waals surface area contributed by atoms with Crippen molar-refractivity contribution in [3.05, 3.63) is 112 Å². The Hall–Kier alpha value is -5.59. The van der Waals surface area contributed by atoms with Gasteiger partial charge in [0, 0.05) is 32.7 Å². The van der Waals surface area contributed by atoms with Crippen LogP contribution in [0.4, 0.5) is 28.4 Å². The summed E-state index contributed by atoms with van der Waals surface area (Å²) in [6.07, 6.45) is 0. The fourth-order valence-electron chi connectivity index (χ4n) is 4.32. The number of hydrogen-bond acceptors (Lipinski definition) is 9. The van der Waals surface area contributed by atoms with E-state index in [-0.39, 0.29) is 0 Å². The van der Waals surface area contributed by atoms with Gasteiger partial charge in [-0.2, -0.15) is 20.5 Å². The van der Waals surface area contributed by atoms with Crippen LogP contribution in [0, 0.1) is 13.8 Å². The van der Waals surface area contributed by atoms with Gasteiger partial charge in [0.2, 0.25) is 12.1 Å². The van der Waals surface area contributed by atoms with Crippen LogP contribution in [-0.4, -0.2) is 41.4 Å². The summed E-state index contributed by atoms with van der Waals surface area (Å²) in [5, 5.41) is 25.1. The fraction of sp³-hybridized carbons (Fsp3) is 0.171. The van der Waals surface area contributed by atoms with Gasteiger partial charge in [-0.25, -0.2) is 0 Å². The fourth-order valence-corrected chi connectivity index (χ4v) is 4.77. The second-order valence-electron chi connectivity index (χ2n) is 10.9. The molecule has 14 heteroatoms. The van der Waals surface area contributed by atoms with E-state index < -0.39 is 41.4 Å². The van der Waals surface area contributed by atoms with Crippen LogP contribution in [0.3, 0.4) is 0 Å². The lowest BCUT2D eigenvalue weighted by Gasteiger charge is -2.12. The number of amides is 3. The molecule has 12 nitrogen and oxygen atoms in total. The van der Waals surface area contributed by atoms with Crippen molar-refractivity contribution >= 4 is 80.9 Å². The van der Waals surface area contributed by atoms with Gasteiger partial charge in [-0.3, -0.25) is 24.0 Å². The molecule has 49 heavy (non-hydrogen) atoms. The first kappa shape index (κ1) is 36.2. The molecule has 0 heterocycles. The van der Waals surface area contributed by atoms with Crippen molar-refractivity contribution in [3.63, 3.8) is 0 Å². The van der Waals surface area contributed by atoms with Crippen LogP contribution in [0.1, 0.15) is 35.3 Å². The van der Waals surface area contributed by atoms with Crippen LogP contribution in [0.25, 0.3) is 0 Å². The molecule has 0 bridgehead atoms. The summed E-state index contributed by atoms with van der Waals surface area (Å²) < 4.78 is 0. The van der Waals surface area contributed by atoms with Gasteiger partial charge < -0.3 is 16.0 Å². The van der Waals surface area contributed by atoms with Crippen LogP contribution in [0.5, 0.6) is 0 Å². The molecule has 0 spiro atoms. The molecule has 3 N–H and O–H groups in total. The Morgan fingerprint density at radius 3 is 1.37 bits per heavy atom. The maximum absolute atomic E-state index is 12.8. The summed E-state index contributed by atoms with van der Waals surface area (Å²) in [5.41, 5.74) is 3.90. The predicted molar refractivity (Wildman–Crippen MR) is 188 cm³/mol. The number of ketones is 2. The van der Waals surface area contributed by atoms with Crippen LogP contribution >= 0.6 is 23.2 Å². The number of aryl methyl sites for hydroxylation is 2. The van der Waals surface area contributed by atoms with Crippen molar-refractivity contribution in [2.75, 3.05) is 16.0 Å². The van der Waals surface area contributed by atoms with E-state index in [1.165, 1.54) is 38.1 Å². The van der Waals surface area contributed by atoms with Crippen molar-refractivity contribution in [2.24, 2.45) is 20.5 Å². The number of nitrogens with zero attached hydrogens (tertiary/aromatic N) is 4. The van der Waals surface area contributed by atoms with Gasteiger partial charge in [-0.1, -0.05) is 23.2 Å². The van der Waals surface area contributed by atoms with Gasteiger partial charge in [0.15, 0.2) is 11.6 Å². The number of Topliss-reactive ketones (excluding diaryl/α,β-unsaturated/α-hetero) is 2. The van der Waals surface area contributed by atoms with E-state index in [2.05, 4.69) is 36.4 Å². The summed E-state index contributed by atoms with van der Waals surface area (Å²) in [6, 6.07) is 19.5. The highest BCUT2D eigenvalue weighted by Crippen LogP contribution is 2.23. The normalized spacial score (nSPS) is 12.4. The second kappa shape index (κ2) is 16.5. The predicted octanol–water partition coefficient (Wildman–Crippen LogP) is 8.22. The molecule has 0 aliphatic rings. The quantitative estimate of drug-likeness (QED) is 0.0997. The lowest BCUT2D eigenvalue weighted by Crippen LogP contribution is -2.32. The standard InChI is InChI=1S/C35H31Cl2N7O5/c1-19-17-24(36)7-15-29(19)39-34(48)31(21(3)45)43-41-27-9-5-23(6-10-27)33(47)38-26-11-13-28(14-12-26)42-44-32(22(4)46)35(49)40-30-16-8-25(37)18-20(30)2/h5-18,31-32H,1-4H3,(H,38,47)(H,39,48)(H,40,49)/t31-,32+/m1/s1. The number of halogens is 2. The summed E-state index contributed by atoms with van der Waals surface area (Å²) in [6.45, 7) is 6.04. The van der Waals surface area contributed by atoms with Gasteiger partial charge in [0.25, 0.3) is 17.7 Å². The smallest absolute Gasteiger partial charge is 0.258 e. The Kier molecular flexibility index (Phi) is 12.2. The van der Waals surface area contributed by atoms with Crippen molar-refractivity contribution in [1.82, 2.24) is 0 Å². The maximum atomic E-state index is 12.8. The van der Waals surface area contributed by atoms with E-state index >= 15 is 0 Å². The SMILES string of the molecule is CC(=O)[C@@H](N=Nc1ccc(C(=O)Nc2ccc(N=N[C@@H](C(C)=O)C(=O)Nc3ccc(Cl)cc3C)cc2)cc1)C(=O)Nc1ccc(Cl)cc1C. The molecular formula is C35H31Cl2N7O5. The number of carbonyl (C=O) groups is 5. The van der Waals surface area contributed by atoms with E-state index in [4.69, 9.17) is 23.2 Å². The molecule has 0 saturated heterocycles. The zero-order chi connectivity index (χ0) is 35.7. The van der Waals surface area contributed by atoms with Gasteiger partial charge in [-0.05, 0) is 124 Å². The van der Waals surface area contributed by atoms with Crippen molar-refractivity contribution < 1.29 is 24.0 Å². The number of rotatable bonds is 12. The van der Waals surface area contributed by atoms with Gasteiger partial charge in [0.05, 0.1) is 11.4 Å². The lowest BCUT2D eigenvalue weighted by atomic mass is 10.1. The Bertz CT molecular complexity index is 1960. The average molecular weight is 701 g/mol. The van der Waals surface area contributed by atoms with E-state index in [0.29, 0.717) is 44.0 Å². The summed E-state index contributed by atoms with van der Waals surface area (Å²) in [5.74, 6) is -2.67. The zero-order valence-electron chi connectivity index (χ0n) is 26.8. The third-order valence-electron chi connectivity index (χ3n) is 6.99. The van der Waals surface area contributed by atoms with Crippen LogP contribution < -0.4 is 16.0 Å². The highest BCUT2D eigenvalue weighted by Gasteiger charge is 2.25. The minimum absolute atomic E-state index is 0.313. The maximum Gasteiger partial charge on any atom is 0.258 e. The summed E-state index contributed by atoms with van der Waals surface area (Å²) in [4.78, 5) is 62.6. The number of anilines is 3. The largest absolute Gasteiger partial charge is 0.324 e. The zero-order valence-corrected chi connectivity index (χ0v) is 28.3. The summed E-state index contributed by atoms with van der Waals surface area (Å²) in [7, 11) is 0. The molecule has 0 fully saturated rings. The Labute approximate surface area is 292 Å². The Morgan fingerprint density at radius 2 is 0.980 bits per heavy atom. The summed E-state index contributed by atoms with van der Waals surface area (Å²) >= 11 is 11.9. The van der Waals surface area contributed by atoms with E-state index in [9.17, 15) is 24.0 Å². The first-order chi connectivity index (χ1) is 23.3. The van der Waals surface area contributed by atoms with Gasteiger partial charge in [-0.15, -0.1) is 0 Å². The van der Waals surface area contributed by atoms with Crippen molar-refractivity contribution in [2.45, 2.75) is 39.8 Å². The van der Waals surface area contributed by atoms with Crippen LogP contribution in [-0.2, 0) is 19.2 Å². The average Bonchev–Trinajstić information content (AvgIpc) is 3.04. The number of carbonyl (C=O) groups excluding carboxylic acids is 5. The van der Waals surface area contributed by atoms with Gasteiger partial charge >= 0.3 is 0 Å². The number of azo groups is 2. The third-order valence-corrected chi connectivity index (χ3v) is 7.46. The third kappa shape index (κ3) is 10.2. The van der Waals surface area contributed by atoms with Crippen molar-refractivity contribution in [3.8, 4) is 0 Å². The van der Waals surface area contributed by atoms with E-state index in [1.807, 2.05) is 0 Å². The second-order valence-corrected chi connectivity index (χ2v) is 11.8. The monoisotopic (exact) mass is 699 g/mol. The van der Waals surface area contributed by atoms with Crippen LogP contribution in [0.15, 0.2) is 105 Å². The molecule has 4 rings (SSSR count). The highest BCUT2D eigenvalue weighted by atomic mass is 35.5. The topological polar surface area (TPSA) is 171 Å². The minimum atomic E-state index is -1.37. The molecule has 2 atom stereocenters. The molecule has 0 aliphatic heterocycles. The molecule has 0 unspecified atom stereocenters. The molecule has 0 radical (unpaired) electrons. The van der Waals surface area contributed by atoms with E-state index in [1.54, 1.807) is 74.5 Å².